The van der Waals surface area contributed by atoms with Gasteiger partial charge in [-0.15, -0.1) is 0 Å². The zero-order chi connectivity index (χ0) is 13.8. The molecule has 1 aromatic carbocycles. The topological polar surface area (TPSA) is 34.4 Å². The zero-order valence-corrected chi connectivity index (χ0v) is 12.9. The first-order chi connectivity index (χ1) is 9.81. The first-order valence-corrected chi connectivity index (χ1v) is 7.83. The summed E-state index contributed by atoms with van der Waals surface area (Å²) >= 11 is 3.45. The van der Waals surface area contributed by atoms with Gasteiger partial charge in [0.1, 0.15) is 11.5 Å². The fraction of sp³-hybridized carbons (Fsp3) is 0.375. The molecule has 20 heavy (non-hydrogen) atoms. The smallest absolute Gasteiger partial charge is 0.136 e. The quantitative estimate of drug-likeness (QED) is 0.837. The first kappa shape index (κ1) is 13.6. The Morgan fingerprint density at radius 1 is 1.15 bits per heavy atom. The third kappa shape index (κ3) is 3.37. The molecule has 1 aliphatic carbocycles. The van der Waals surface area contributed by atoms with Crippen LogP contribution in [0.15, 0.2) is 45.5 Å². The normalized spacial score (nSPS) is 15.4. The van der Waals surface area contributed by atoms with Crippen molar-refractivity contribution >= 4 is 21.6 Å². The summed E-state index contributed by atoms with van der Waals surface area (Å²) in [5.41, 5.74) is 1.06. The monoisotopic (exact) mass is 335 g/mol. The minimum atomic E-state index is 0.410. The molecule has 0 radical (unpaired) electrons. The van der Waals surface area contributed by atoms with Crippen molar-refractivity contribution in [1.82, 2.24) is 0 Å². The molecule has 3 nitrogen and oxygen atoms in total. The van der Waals surface area contributed by atoms with Crippen LogP contribution in [-0.2, 0) is 6.54 Å². The second kappa shape index (κ2) is 6.35. The van der Waals surface area contributed by atoms with Crippen LogP contribution in [0.4, 0.5) is 5.69 Å². The van der Waals surface area contributed by atoms with Gasteiger partial charge in [-0.2, -0.15) is 0 Å². The molecule has 4 heteroatoms. The lowest BCUT2D eigenvalue weighted by Gasteiger charge is -2.13. The Morgan fingerprint density at radius 3 is 2.55 bits per heavy atom. The molecule has 0 aliphatic heterocycles. The highest BCUT2D eigenvalue weighted by Crippen LogP contribution is 2.25. The molecule has 1 heterocycles. The highest BCUT2D eigenvalue weighted by Gasteiger charge is 2.16. The molecule has 0 unspecified atom stereocenters. The minimum Gasteiger partial charge on any atom is -0.490 e. The van der Waals surface area contributed by atoms with Gasteiger partial charge in [0.2, 0.25) is 0 Å². The fourth-order valence-electron chi connectivity index (χ4n) is 2.48. The van der Waals surface area contributed by atoms with E-state index in [4.69, 9.17) is 9.15 Å². The highest BCUT2D eigenvalue weighted by atomic mass is 79.9. The van der Waals surface area contributed by atoms with Crippen LogP contribution >= 0.6 is 15.9 Å². The van der Waals surface area contributed by atoms with Gasteiger partial charge in [0.05, 0.1) is 23.4 Å². The van der Waals surface area contributed by atoms with E-state index in [1.165, 1.54) is 25.7 Å². The van der Waals surface area contributed by atoms with Gasteiger partial charge in [-0.25, -0.2) is 0 Å². The fourth-order valence-corrected chi connectivity index (χ4v) is 2.83. The molecule has 1 saturated carbocycles. The molecular formula is C16H18BrNO2. The lowest BCUT2D eigenvalue weighted by atomic mass is 10.2. The van der Waals surface area contributed by atoms with Crippen LogP contribution in [0.25, 0.3) is 0 Å². The van der Waals surface area contributed by atoms with E-state index in [0.29, 0.717) is 12.6 Å². The van der Waals surface area contributed by atoms with Crippen molar-refractivity contribution < 1.29 is 9.15 Å². The summed E-state index contributed by atoms with van der Waals surface area (Å²) in [6.45, 7) is 0.663. The molecule has 0 bridgehead atoms. The number of furan rings is 1. The predicted octanol–water partition coefficient (Wildman–Crippen LogP) is 4.98. The third-order valence-electron chi connectivity index (χ3n) is 3.60. The second-order valence-corrected chi connectivity index (χ2v) is 5.95. The van der Waals surface area contributed by atoms with Crippen LogP contribution in [0.3, 0.4) is 0 Å². The summed E-state index contributed by atoms with van der Waals surface area (Å²) in [5.74, 6) is 1.86. The van der Waals surface area contributed by atoms with Crippen molar-refractivity contribution in [3.63, 3.8) is 0 Å². The molecule has 1 aliphatic rings. The van der Waals surface area contributed by atoms with E-state index in [1.54, 1.807) is 6.26 Å². The first-order valence-electron chi connectivity index (χ1n) is 7.04. The third-order valence-corrected chi connectivity index (χ3v) is 4.31. The Bertz CT molecular complexity index is 544. The number of nitrogens with one attached hydrogen (secondary N) is 1. The van der Waals surface area contributed by atoms with E-state index in [2.05, 4.69) is 21.2 Å². The Balaban J connectivity index is 1.54. The largest absolute Gasteiger partial charge is 0.490 e. The summed E-state index contributed by atoms with van der Waals surface area (Å²) in [5, 5.41) is 3.33. The number of ether oxygens (including phenoxy) is 1. The summed E-state index contributed by atoms with van der Waals surface area (Å²) in [6.07, 6.45) is 7.05. The summed E-state index contributed by atoms with van der Waals surface area (Å²) in [4.78, 5) is 0. The number of halogens is 1. The molecule has 0 saturated heterocycles. The molecular weight excluding hydrogens is 318 g/mol. The predicted molar refractivity (Wildman–Crippen MR) is 83.1 cm³/mol. The average Bonchev–Trinajstić information content (AvgIpc) is 3.10. The summed E-state index contributed by atoms with van der Waals surface area (Å²) in [6, 6.07) is 10.0. The Kier molecular flexibility index (Phi) is 4.31. The van der Waals surface area contributed by atoms with Crippen LogP contribution in [-0.4, -0.2) is 6.10 Å². The van der Waals surface area contributed by atoms with Gasteiger partial charge in [0, 0.05) is 5.69 Å². The van der Waals surface area contributed by atoms with Crippen LogP contribution in [0, 0.1) is 0 Å². The standard InChI is InChI=1S/C16H18BrNO2/c17-15-9-10-19-16(15)11-18-12-5-7-14(8-6-12)20-13-3-1-2-4-13/h5-10,13,18H,1-4,11H2. The maximum absolute atomic E-state index is 5.95. The van der Waals surface area contributed by atoms with Gasteiger partial charge in [-0.1, -0.05) is 0 Å². The van der Waals surface area contributed by atoms with Crippen molar-refractivity contribution in [1.29, 1.82) is 0 Å². The SMILES string of the molecule is Brc1ccoc1CNc1ccc(OC2CCCC2)cc1. The van der Waals surface area contributed by atoms with Crippen molar-refractivity contribution in [2.24, 2.45) is 0 Å². The van der Waals surface area contributed by atoms with E-state index >= 15 is 0 Å². The van der Waals surface area contributed by atoms with Gasteiger partial charge in [-0.3, -0.25) is 0 Å². The number of anilines is 1. The van der Waals surface area contributed by atoms with E-state index in [1.807, 2.05) is 30.3 Å². The summed E-state index contributed by atoms with van der Waals surface area (Å²) in [7, 11) is 0. The number of hydrogen-bond acceptors (Lipinski definition) is 3. The van der Waals surface area contributed by atoms with Gasteiger partial charge in [0.25, 0.3) is 0 Å². The van der Waals surface area contributed by atoms with Crippen LogP contribution in [0.1, 0.15) is 31.4 Å². The highest BCUT2D eigenvalue weighted by molar-refractivity contribution is 9.10. The average molecular weight is 336 g/mol. The Labute approximate surface area is 127 Å². The summed E-state index contributed by atoms with van der Waals surface area (Å²) < 4.78 is 12.3. The lowest BCUT2D eigenvalue weighted by molar-refractivity contribution is 0.210. The number of hydrogen-bond donors (Lipinski definition) is 1. The Hall–Kier alpha value is -1.42. The van der Waals surface area contributed by atoms with Crippen molar-refractivity contribution in [2.45, 2.75) is 38.3 Å². The molecule has 0 atom stereocenters. The number of rotatable bonds is 5. The van der Waals surface area contributed by atoms with Crippen LogP contribution in [0.5, 0.6) is 5.75 Å². The van der Waals surface area contributed by atoms with E-state index in [-0.39, 0.29) is 0 Å². The van der Waals surface area contributed by atoms with Crippen molar-refractivity contribution in [3.05, 3.63) is 46.8 Å². The van der Waals surface area contributed by atoms with Crippen LogP contribution < -0.4 is 10.1 Å². The van der Waals surface area contributed by atoms with Gasteiger partial charge in [0.15, 0.2) is 0 Å². The zero-order valence-electron chi connectivity index (χ0n) is 11.3. The molecule has 1 N–H and O–H groups in total. The Morgan fingerprint density at radius 2 is 1.90 bits per heavy atom. The van der Waals surface area contributed by atoms with E-state index in [9.17, 15) is 0 Å². The van der Waals surface area contributed by atoms with Crippen molar-refractivity contribution in [3.8, 4) is 5.75 Å². The van der Waals surface area contributed by atoms with Gasteiger partial charge >= 0.3 is 0 Å². The minimum absolute atomic E-state index is 0.410. The van der Waals surface area contributed by atoms with Gasteiger partial charge in [-0.05, 0) is 71.9 Å². The molecule has 0 amide bonds. The molecule has 106 valence electrons. The molecule has 2 aromatic rings. The number of benzene rings is 1. The van der Waals surface area contributed by atoms with E-state index < -0.39 is 0 Å². The molecule has 0 spiro atoms. The maximum Gasteiger partial charge on any atom is 0.136 e. The van der Waals surface area contributed by atoms with E-state index in [0.717, 1.165) is 21.7 Å². The molecule has 3 rings (SSSR count). The molecule has 1 aromatic heterocycles. The van der Waals surface area contributed by atoms with Crippen molar-refractivity contribution in [2.75, 3.05) is 5.32 Å². The molecule has 1 fully saturated rings. The maximum atomic E-state index is 5.95. The van der Waals surface area contributed by atoms with Gasteiger partial charge < -0.3 is 14.5 Å². The van der Waals surface area contributed by atoms with Crippen LogP contribution in [0.2, 0.25) is 0 Å². The second-order valence-electron chi connectivity index (χ2n) is 5.09. The lowest BCUT2D eigenvalue weighted by Crippen LogP contribution is -2.10.